The first-order valence-corrected chi connectivity index (χ1v) is 6.30. The minimum Gasteiger partial charge on any atom is -0.481 e. The van der Waals surface area contributed by atoms with E-state index in [2.05, 4.69) is 16.0 Å². The van der Waals surface area contributed by atoms with Gasteiger partial charge in [0.1, 0.15) is 6.04 Å². The van der Waals surface area contributed by atoms with E-state index in [1.165, 1.54) is 0 Å². The Balaban J connectivity index is 2.36. The summed E-state index contributed by atoms with van der Waals surface area (Å²) in [6, 6.07) is -0.964. The molecule has 7 nitrogen and oxygen atoms in total. The molecule has 1 rings (SSSR count). The van der Waals surface area contributed by atoms with Crippen LogP contribution in [0.4, 0.5) is 4.79 Å². The average molecular weight is 271 g/mol. The van der Waals surface area contributed by atoms with Crippen molar-refractivity contribution < 1.29 is 19.5 Å². The number of carboxylic acids is 1. The number of carbonyl (C=O) groups excluding carboxylic acids is 2. The van der Waals surface area contributed by atoms with E-state index in [4.69, 9.17) is 5.11 Å². The summed E-state index contributed by atoms with van der Waals surface area (Å²) < 4.78 is 0. The van der Waals surface area contributed by atoms with Crippen LogP contribution in [0.15, 0.2) is 0 Å². The SMILES string of the molecule is CC(NC(=O)NC(C)(C)CC(=O)O)C(=O)NC1CC1. The topological polar surface area (TPSA) is 108 Å². The molecule has 0 aromatic carbocycles. The van der Waals surface area contributed by atoms with Gasteiger partial charge in [-0.15, -0.1) is 0 Å². The second-order valence-corrected chi connectivity index (χ2v) is 5.56. The molecule has 0 spiro atoms. The second kappa shape index (κ2) is 5.90. The van der Waals surface area contributed by atoms with Gasteiger partial charge >= 0.3 is 12.0 Å². The van der Waals surface area contributed by atoms with Crippen molar-refractivity contribution in [3.63, 3.8) is 0 Å². The lowest BCUT2D eigenvalue weighted by atomic mass is 10.0. The monoisotopic (exact) mass is 271 g/mol. The van der Waals surface area contributed by atoms with Crippen molar-refractivity contribution in [1.29, 1.82) is 0 Å². The minimum absolute atomic E-state index is 0.191. The van der Waals surface area contributed by atoms with E-state index in [0.717, 1.165) is 12.8 Å². The number of rotatable bonds is 6. The zero-order valence-electron chi connectivity index (χ0n) is 11.4. The molecule has 0 aliphatic heterocycles. The highest BCUT2D eigenvalue weighted by atomic mass is 16.4. The number of hydrogen-bond donors (Lipinski definition) is 4. The molecular formula is C12H21N3O4. The van der Waals surface area contributed by atoms with Crippen LogP contribution >= 0.6 is 0 Å². The normalized spacial score (nSPS) is 16.4. The number of hydrogen-bond acceptors (Lipinski definition) is 3. The van der Waals surface area contributed by atoms with Crippen molar-refractivity contribution in [1.82, 2.24) is 16.0 Å². The molecule has 19 heavy (non-hydrogen) atoms. The summed E-state index contributed by atoms with van der Waals surface area (Å²) in [5.41, 5.74) is -0.872. The van der Waals surface area contributed by atoms with Gasteiger partial charge in [-0.1, -0.05) is 0 Å². The van der Waals surface area contributed by atoms with Gasteiger partial charge in [0.25, 0.3) is 0 Å². The maximum absolute atomic E-state index is 11.7. The first-order chi connectivity index (χ1) is 8.69. The van der Waals surface area contributed by atoms with E-state index in [0.29, 0.717) is 0 Å². The smallest absolute Gasteiger partial charge is 0.315 e. The van der Waals surface area contributed by atoms with E-state index in [-0.39, 0.29) is 18.4 Å². The zero-order valence-corrected chi connectivity index (χ0v) is 11.4. The standard InChI is InChI=1S/C12H21N3O4/c1-7(10(18)14-8-4-5-8)13-11(19)15-12(2,3)6-9(16)17/h7-8H,4-6H2,1-3H3,(H,14,18)(H,16,17)(H2,13,15,19). The maximum atomic E-state index is 11.7. The van der Waals surface area contributed by atoms with Gasteiger partial charge in [0, 0.05) is 11.6 Å². The molecular weight excluding hydrogens is 250 g/mol. The van der Waals surface area contributed by atoms with Crippen LogP contribution in [0.5, 0.6) is 0 Å². The molecule has 1 atom stereocenters. The van der Waals surface area contributed by atoms with E-state index in [1.807, 2.05) is 0 Å². The van der Waals surface area contributed by atoms with E-state index in [1.54, 1.807) is 20.8 Å². The summed E-state index contributed by atoms with van der Waals surface area (Å²) in [7, 11) is 0. The molecule has 1 unspecified atom stereocenters. The molecule has 3 amide bonds. The van der Waals surface area contributed by atoms with Gasteiger partial charge in [0.05, 0.1) is 6.42 Å². The predicted octanol–water partition coefficient (Wildman–Crippen LogP) is 0.206. The fourth-order valence-corrected chi connectivity index (χ4v) is 1.58. The van der Waals surface area contributed by atoms with Crippen molar-refractivity contribution in [3.05, 3.63) is 0 Å². The molecule has 4 N–H and O–H groups in total. The molecule has 0 bridgehead atoms. The summed E-state index contributed by atoms with van der Waals surface area (Å²) in [5.74, 6) is -1.22. The molecule has 0 aromatic heterocycles. The van der Waals surface area contributed by atoms with E-state index >= 15 is 0 Å². The third-order valence-corrected chi connectivity index (χ3v) is 2.71. The maximum Gasteiger partial charge on any atom is 0.315 e. The van der Waals surface area contributed by atoms with Gasteiger partial charge in [-0.25, -0.2) is 4.79 Å². The van der Waals surface area contributed by atoms with Gasteiger partial charge in [-0.3, -0.25) is 9.59 Å². The summed E-state index contributed by atoms with van der Waals surface area (Å²) in [6.07, 6.45) is 1.77. The molecule has 1 aliphatic rings. The van der Waals surface area contributed by atoms with Gasteiger partial charge in [0.2, 0.25) is 5.91 Å². The predicted molar refractivity (Wildman–Crippen MR) is 68.6 cm³/mol. The number of urea groups is 1. The quantitative estimate of drug-likeness (QED) is 0.553. The number of carbonyl (C=O) groups is 3. The van der Waals surface area contributed by atoms with Crippen LogP contribution in [-0.2, 0) is 9.59 Å². The molecule has 0 saturated heterocycles. The Kier molecular flexibility index (Phi) is 4.74. The zero-order chi connectivity index (χ0) is 14.6. The molecule has 1 aliphatic carbocycles. The van der Waals surface area contributed by atoms with Crippen molar-refractivity contribution in [3.8, 4) is 0 Å². The molecule has 108 valence electrons. The highest BCUT2D eigenvalue weighted by Gasteiger charge is 2.28. The lowest BCUT2D eigenvalue weighted by molar-refractivity contribution is -0.138. The molecule has 0 aromatic rings. The number of aliphatic carboxylic acids is 1. The van der Waals surface area contributed by atoms with Crippen LogP contribution in [0.3, 0.4) is 0 Å². The Bertz CT molecular complexity index is 377. The van der Waals surface area contributed by atoms with E-state index < -0.39 is 23.6 Å². The molecule has 1 fully saturated rings. The first-order valence-electron chi connectivity index (χ1n) is 6.30. The lowest BCUT2D eigenvalue weighted by Crippen LogP contribution is -2.54. The fourth-order valence-electron chi connectivity index (χ4n) is 1.58. The highest BCUT2D eigenvalue weighted by Crippen LogP contribution is 2.18. The van der Waals surface area contributed by atoms with Crippen LogP contribution in [0, 0.1) is 0 Å². The second-order valence-electron chi connectivity index (χ2n) is 5.56. The minimum atomic E-state index is -0.996. The summed E-state index contributed by atoms with van der Waals surface area (Å²) in [5, 5.41) is 16.5. The van der Waals surface area contributed by atoms with Crippen molar-refractivity contribution in [2.45, 2.75) is 57.7 Å². The van der Waals surface area contributed by atoms with Crippen LogP contribution in [0.2, 0.25) is 0 Å². The number of carboxylic acid groups (broad SMARTS) is 1. The molecule has 0 radical (unpaired) electrons. The Hall–Kier alpha value is -1.79. The lowest BCUT2D eigenvalue weighted by Gasteiger charge is -2.25. The fraction of sp³-hybridized carbons (Fsp3) is 0.750. The number of nitrogens with one attached hydrogen (secondary N) is 3. The van der Waals surface area contributed by atoms with Crippen LogP contribution in [0.25, 0.3) is 0 Å². The van der Waals surface area contributed by atoms with Crippen molar-refractivity contribution in [2.24, 2.45) is 0 Å². The third-order valence-electron chi connectivity index (χ3n) is 2.71. The molecule has 0 heterocycles. The van der Waals surface area contributed by atoms with Gasteiger partial charge < -0.3 is 21.1 Å². The van der Waals surface area contributed by atoms with E-state index in [9.17, 15) is 14.4 Å². The third kappa shape index (κ3) is 6.08. The number of amides is 3. The Morgan fingerprint density at radius 2 is 1.89 bits per heavy atom. The van der Waals surface area contributed by atoms with Gasteiger partial charge in [0.15, 0.2) is 0 Å². The molecule has 1 saturated carbocycles. The van der Waals surface area contributed by atoms with Gasteiger partial charge in [-0.2, -0.15) is 0 Å². The highest BCUT2D eigenvalue weighted by molar-refractivity contribution is 5.87. The Labute approximate surface area is 112 Å². The summed E-state index contributed by atoms with van der Waals surface area (Å²) >= 11 is 0. The largest absolute Gasteiger partial charge is 0.481 e. The van der Waals surface area contributed by atoms with Crippen molar-refractivity contribution in [2.75, 3.05) is 0 Å². The Morgan fingerprint density at radius 3 is 2.37 bits per heavy atom. The summed E-state index contributed by atoms with van der Waals surface area (Å²) in [6.45, 7) is 4.80. The molecule has 7 heteroatoms. The van der Waals surface area contributed by atoms with Crippen LogP contribution < -0.4 is 16.0 Å². The van der Waals surface area contributed by atoms with Crippen LogP contribution in [0.1, 0.15) is 40.0 Å². The van der Waals surface area contributed by atoms with Crippen LogP contribution in [-0.4, -0.2) is 40.6 Å². The van der Waals surface area contributed by atoms with Gasteiger partial charge in [-0.05, 0) is 33.6 Å². The summed E-state index contributed by atoms with van der Waals surface area (Å²) in [4.78, 5) is 33.9. The average Bonchev–Trinajstić information content (AvgIpc) is 2.97. The van der Waals surface area contributed by atoms with Crippen molar-refractivity contribution >= 4 is 17.9 Å². The Morgan fingerprint density at radius 1 is 1.32 bits per heavy atom. The first kappa shape index (κ1) is 15.3.